The molecule has 0 heterocycles. The Morgan fingerprint density at radius 2 is 1.59 bits per heavy atom. The van der Waals surface area contributed by atoms with Crippen molar-refractivity contribution in [1.29, 1.82) is 0 Å². The van der Waals surface area contributed by atoms with Crippen LogP contribution in [0.15, 0.2) is 0 Å². The summed E-state index contributed by atoms with van der Waals surface area (Å²) in [5.41, 5.74) is 0. The predicted octanol–water partition coefficient (Wildman–Crippen LogP) is 2.88. The molecule has 17 heavy (non-hydrogen) atoms. The van der Waals surface area contributed by atoms with Gasteiger partial charge in [0.2, 0.25) is 0 Å². The topological polar surface area (TPSA) is 49.7 Å². The smallest absolute Gasteiger partial charge is 0.103 e. The van der Waals surface area contributed by atoms with Gasteiger partial charge in [-0.05, 0) is 20.3 Å². The molecule has 0 fully saturated rings. The van der Waals surface area contributed by atoms with Gasteiger partial charge in [-0.2, -0.15) is 0 Å². The molecule has 0 aliphatic rings. The normalized spacial score (nSPS) is 15.2. The van der Waals surface area contributed by atoms with Crippen molar-refractivity contribution >= 4 is 0 Å². The summed E-state index contributed by atoms with van der Waals surface area (Å²) in [5, 5.41) is 18.6. The van der Waals surface area contributed by atoms with E-state index >= 15 is 0 Å². The van der Waals surface area contributed by atoms with Gasteiger partial charge in [0.15, 0.2) is 0 Å². The average molecular weight is 246 g/mol. The fourth-order valence-corrected chi connectivity index (χ4v) is 1.94. The van der Waals surface area contributed by atoms with Gasteiger partial charge in [0, 0.05) is 0 Å². The van der Waals surface area contributed by atoms with E-state index in [0.29, 0.717) is 0 Å². The van der Waals surface area contributed by atoms with Crippen LogP contribution in [-0.2, 0) is 4.74 Å². The minimum absolute atomic E-state index is 0.0984. The molecule has 104 valence electrons. The fraction of sp³-hybridized carbons (Fsp3) is 1.00. The summed E-state index contributed by atoms with van der Waals surface area (Å²) in [6, 6.07) is 0. The first-order chi connectivity index (χ1) is 8.11. The molecule has 0 aromatic carbocycles. The van der Waals surface area contributed by atoms with Crippen LogP contribution in [0.3, 0.4) is 0 Å². The lowest BCUT2D eigenvalue weighted by Crippen LogP contribution is -2.34. The van der Waals surface area contributed by atoms with Gasteiger partial charge in [0.05, 0.1) is 18.8 Å². The highest BCUT2D eigenvalue weighted by atomic mass is 16.5. The van der Waals surface area contributed by atoms with Crippen LogP contribution < -0.4 is 0 Å². The van der Waals surface area contributed by atoms with Gasteiger partial charge in [-0.1, -0.05) is 45.4 Å². The van der Waals surface area contributed by atoms with E-state index in [4.69, 9.17) is 9.84 Å². The molecular weight excluding hydrogens is 216 g/mol. The molecular formula is C14H30O3. The Labute approximate surface area is 106 Å². The van der Waals surface area contributed by atoms with Crippen molar-refractivity contribution in [3.63, 3.8) is 0 Å². The van der Waals surface area contributed by atoms with E-state index < -0.39 is 6.10 Å². The van der Waals surface area contributed by atoms with E-state index in [9.17, 15) is 5.11 Å². The molecule has 0 bridgehead atoms. The molecule has 0 saturated carbocycles. The van der Waals surface area contributed by atoms with Crippen LogP contribution in [0.25, 0.3) is 0 Å². The molecule has 0 radical (unpaired) electrons. The molecule has 0 rings (SSSR count). The third-order valence-corrected chi connectivity index (χ3v) is 2.91. The third kappa shape index (κ3) is 9.57. The van der Waals surface area contributed by atoms with Crippen LogP contribution >= 0.6 is 0 Å². The molecule has 0 aromatic rings. The molecule has 3 nitrogen and oxygen atoms in total. The standard InChI is InChI=1S/C14H30O3/c1-4-5-6-7-8-9-10-14(13(16)11-15)17-12(2)3/h12-16H,4-11H2,1-3H3/t13-,14+/m0/s1. The first-order valence-corrected chi connectivity index (χ1v) is 7.06. The van der Waals surface area contributed by atoms with Crippen LogP contribution in [0, 0.1) is 0 Å². The summed E-state index contributed by atoms with van der Waals surface area (Å²) in [6.07, 6.45) is 7.38. The quantitative estimate of drug-likeness (QED) is 0.551. The number of ether oxygens (including phenoxy) is 1. The zero-order valence-corrected chi connectivity index (χ0v) is 11.7. The van der Waals surface area contributed by atoms with Crippen LogP contribution in [0.4, 0.5) is 0 Å². The van der Waals surface area contributed by atoms with Crippen LogP contribution in [0.2, 0.25) is 0 Å². The molecule has 0 aromatic heterocycles. The van der Waals surface area contributed by atoms with Gasteiger partial charge in [-0.3, -0.25) is 0 Å². The summed E-state index contributed by atoms with van der Waals surface area (Å²) in [5.74, 6) is 0. The van der Waals surface area contributed by atoms with Crippen molar-refractivity contribution in [3.05, 3.63) is 0 Å². The second kappa shape index (κ2) is 11.0. The molecule has 2 atom stereocenters. The number of unbranched alkanes of at least 4 members (excludes halogenated alkanes) is 5. The van der Waals surface area contributed by atoms with Crippen molar-refractivity contribution in [2.45, 2.75) is 84.0 Å². The van der Waals surface area contributed by atoms with Gasteiger partial charge in [-0.25, -0.2) is 0 Å². The SMILES string of the molecule is CCCCCCCC[C@@H](OC(C)C)[C@@H](O)CO. The Balaban J connectivity index is 3.68. The van der Waals surface area contributed by atoms with Gasteiger partial charge in [0.25, 0.3) is 0 Å². The third-order valence-electron chi connectivity index (χ3n) is 2.91. The van der Waals surface area contributed by atoms with E-state index in [-0.39, 0.29) is 18.8 Å². The van der Waals surface area contributed by atoms with Crippen molar-refractivity contribution in [1.82, 2.24) is 0 Å². The van der Waals surface area contributed by atoms with Crippen molar-refractivity contribution in [3.8, 4) is 0 Å². The Bertz CT molecular complexity index is 160. The second-order valence-corrected chi connectivity index (χ2v) is 5.03. The number of aliphatic hydroxyl groups is 2. The van der Waals surface area contributed by atoms with E-state index in [1.54, 1.807) is 0 Å². The average Bonchev–Trinajstić information content (AvgIpc) is 2.30. The molecule has 0 saturated heterocycles. The molecule has 3 heteroatoms. The minimum Gasteiger partial charge on any atom is -0.394 e. The zero-order valence-electron chi connectivity index (χ0n) is 11.7. The van der Waals surface area contributed by atoms with Crippen molar-refractivity contribution in [2.24, 2.45) is 0 Å². The maximum absolute atomic E-state index is 9.63. The lowest BCUT2D eigenvalue weighted by molar-refractivity contribution is -0.0846. The van der Waals surface area contributed by atoms with Crippen LogP contribution in [-0.4, -0.2) is 35.1 Å². The van der Waals surface area contributed by atoms with Gasteiger partial charge in [-0.15, -0.1) is 0 Å². The summed E-state index contributed by atoms with van der Waals surface area (Å²) < 4.78 is 5.62. The summed E-state index contributed by atoms with van der Waals surface area (Å²) in [7, 11) is 0. The summed E-state index contributed by atoms with van der Waals surface area (Å²) in [4.78, 5) is 0. The maximum Gasteiger partial charge on any atom is 0.103 e. The highest BCUT2D eigenvalue weighted by molar-refractivity contribution is 4.69. The lowest BCUT2D eigenvalue weighted by atomic mass is 10.0. The molecule has 0 spiro atoms. The van der Waals surface area contributed by atoms with Crippen LogP contribution in [0.5, 0.6) is 0 Å². The highest BCUT2D eigenvalue weighted by Gasteiger charge is 2.19. The lowest BCUT2D eigenvalue weighted by Gasteiger charge is -2.24. The number of aliphatic hydroxyl groups excluding tert-OH is 2. The minimum atomic E-state index is -0.743. The number of hydrogen-bond acceptors (Lipinski definition) is 3. The second-order valence-electron chi connectivity index (χ2n) is 5.03. The van der Waals surface area contributed by atoms with Crippen molar-refractivity contribution in [2.75, 3.05) is 6.61 Å². The Morgan fingerprint density at radius 1 is 1.00 bits per heavy atom. The van der Waals surface area contributed by atoms with Gasteiger partial charge < -0.3 is 14.9 Å². The highest BCUT2D eigenvalue weighted by Crippen LogP contribution is 2.14. The van der Waals surface area contributed by atoms with E-state index in [2.05, 4.69) is 6.92 Å². The number of hydrogen-bond donors (Lipinski definition) is 2. The van der Waals surface area contributed by atoms with E-state index in [1.165, 1.54) is 32.1 Å². The van der Waals surface area contributed by atoms with Gasteiger partial charge >= 0.3 is 0 Å². The largest absolute Gasteiger partial charge is 0.394 e. The Hall–Kier alpha value is -0.120. The molecule has 0 amide bonds. The summed E-state index contributed by atoms with van der Waals surface area (Å²) in [6.45, 7) is 5.91. The predicted molar refractivity (Wildman–Crippen MR) is 71.1 cm³/mol. The van der Waals surface area contributed by atoms with Crippen molar-refractivity contribution < 1.29 is 14.9 Å². The molecule has 0 aliphatic heterocycles. The monoisotopic (exact) mass is 246 g/mol. The fourth-order valence-electron chi connectivity index (χ4n) is 1.94. The van der Waals surface area contributed by atoms with E-state index in [0.717, 1.165) is 12.8 Å². The summed E-state index contributed by atoms with van der Waals surface area (Å²) >= 11 is 0. The molecule has 0 aliphatic carbocycles. The molecule has 0 unspecified atom stereocenters. The maximum atomic E-state index is 9.63. The van der Waals surface area contributed by atoms with Crippen LogP contribution in [0.1, 0.15) is 65.7 Å². The first-order valence-electron chi connectivity index (χ1n) is 7.06. The zero-order chi connectivity index (χ0) is 13.1. The molecule has 2 N–H and O–H groups in total. The first kappa shape index (κ1) is 16.9. The Morgan fingerprint density at radius 3 is 2.12 bits per heavy atom. The van der Waals surface area contributed by atoms with E-state index in [1.807, 2.05) is 13.8 Å². The number of rotatable bonds is 11. The van der Waals surface area contributed by atoms with Gasteiger partial charge in [0.1, 0.15) is 6.10 Å². The Kier molecular flexibility index (Phi) is 10.9.